The minimum absolute atomic E-state index is 0.000142. The molecule has 2 heteroatoms. The molecule has 1 rings (SSSR count). The molecule has 0 aromatic heterocycles. The molecule has 0 spiro atoms. The molecule has 0 bridgehead atoms. The molecule has 0 saturated heterocycles. The van der Waals surface area contributed by atoms with Crippen LogP contribution in [0.1, 0.15) is 71.4 Å². The highest BCUT2D eigenvalue weighted by atomic mass is 16.1. The summed E-state index contributed by atoms with van der Waals surface area (Å²) in [5.41, 5.74) is 2.53. The van der Waals surface area contributed by atoms with Crippen LogP contribution < -0.4 is 5.32 Å². The van der Waals surface area contributed by atoms with Gasteiger partial charge >= 0.3 is 0 Å². The molecule has 0 aliphatic carbocycles. The maximum Gasteiger partial charge on any atom is 0.244 e. The van der Waals surface area contributed by atoms with Gasteiger partial charge in [-0.3, -0.25) is 4.79 Å². The Morgan fingerprint density at radius 1 is 1.17 bits per heavy atom. The van der Waals surface area contributed by atoms with E-state index in [1.807, 2.05) is 6.08 Å². The van der Waals surface area contributed by atoms with Gasteiger partial charge in [-0.15, -0.1) is 0 Å². The summed E-state index contributed by atoms with van der Waals surface area (Å²) in [5.74, 6) is 0.596. The summed E-state index contributed by atoms with van der Waals surface area (Å²) < 4.78 is 0. The molecule has 1 amide bonds. The molecule has 1 N–H and O–H groups in total. The summed E-state index contributed by atoms with van der Waals surface area (Å²) in [4.78, 5) is 11.9. The summed E-state index contributed by atoms with van der Waals surface area (Å²) >= 11 is 0. The van der Waals surface area contributed by atoms with E-state index >= 15 is 0 Å². The summed E-state index contributed by atoms with van der Waals surface area (Å²) in [6.45, 7) is 11.8. The molecule has 2 nitrogen and oxygen atoms in total. The second-order valence-electron chi connectivity index (χ2n) is 7.37. The van der Waals surface area contributed by atoms with Gasteiger partial charge in [0.25, 0.3) is 0 Å². The lowest BCUT2D eigenvalue weighted by Crippen LogP contribution is -2.27. The number of nitrogens with one attached hydrogen (secondary N) is 1. The average Bonchev–Trinajstić information content (AvgIpc) is 2.52. The molecule has 0 fully saturated rings. The van der Waals surface area contributed by atoms with Crippen molar-refractivity contribution in [1.29, 1.82) is 0 Å². The molecule has 1 unspecified atom stereocenters. The van der Waals surface area contributed by atoms with Crippen molar-refractivity contribution in [3.05, 3.63) is 41.5 Å². The Kier molecular flexibility index (Phi) is 8.08. The first kappa shape index (κ1) is 19.5. The van der Waals surface area contributed by atoms with Crippen LogP contribution in [0.4, 0.5) is 0 Å². The number of rotatable bonds is 8. The smallest absolute Gasteiger partial charge is 0.244 e. The van der Waals surface area contributed by atoms with Gasteiger partial charge in [-0.25, -0.2) is 0 Å². The first-order valence-corrected chi connectivity index (χ1v) is 8.93. The summed E-state index contributed by atoms with van der Waals surface area (Å²) in [6.07, 6.45) is 8.30. The fourth-order valence-electron chi connectivity index (χ4n) is 2.51. The fraction of sp³-hybridized carbons (Fsp3) is 0.571. The van der Waals surface area contributed by atoms with Crippen LogP contribution in [0, 0.1) is 5.92 Å². The first-order chi connectivity index (χ1) is 10.9. The van der Waals surface area contributed by atoms with Gasteiger partial charge in [-0.05, 0) is 35.0 Å². The monoisotopic (exact) mass is 315 g/mol. The number of benzene rings is 1. The zero-order chi connectivity index (χ0) is 17.3. The SMILES string of the molecule is CCCCC(CC)CNC(=O)C=Cc1ccc(C(C)(C)C)cc1. The van der Waals surface area contributed by atoms with Crippen molar-refractivity contribution in [2.45, 2.75) is 65.7 Å². The van der Waals surface area contributed by atoms with Gasteiger partial charge in [0.2, 0.25) is 5.91 Å². The molecule has 1 aromatic carbocycles. The van der Waals surface area contributed by atoms with Crippen molar-refractivity contribution >= 4 is 12.0 Å². The molecule has 0 saturated carbocycles. The largest absolute Gasteiger partial charge is 0.352 e. The molecule has 23 heavy (non-hydrogen) atoms. The zero-order valence-corrected chi connectivity index (χ0v) is 15.5. The highest BCUT2D eigenvalue weighted by Gasteiger charge is 2.12. The Hall–Kier alpha value is -1.57. The van der Waals surface area contributed by atoms with Gasteiger partial charge in [-0.1, -0.05) is 78.1 Å². The van der Waals surface area contributed by atoms with Crippen LogP contribution in [-0.2, 0) is 10.2 Å². The van der Waals surface area contributed by atoms with Gasteiger partial charge in [0.15, 0.2) is 0 Å². The van der Waals surface area contributed by atoms with Crippen LogP contribution in [0.5, 0.6) is 0 Å². The maximum absolute atomic E-state index is 11.9. The third-order valence-electron chi connectivity index (χ3n) is 4.31. The number of amides is 1. The molecular formula is C21H33NO. The Morgan fingerprint density at radius 3 is 2.35 bits per heavy atom. The van der Waals surface area contributed by atoms with Crippen LogP contribution in [0.2, 0.25) is 0 Å². The van der Waals surface area contributed by atoms with E-state index in [-0.39, 0.29) is 11.3 Å². The van der Waals surface area contributed by atoms with E-state index in [2.05, 4.69) is 64.2 Å². The van der Waals surface area contributed by atoms with Crippen molar-refractivity contribution in [3.63, 3.8) is 0 Å². The molecule has 0 heterocycles. The standard InChI is InChI=1S/C21H33NO/c1-6-8-9-17(7-2)16-22-20(23)15-12-18-10-13-19(14-11-18)21(3,4)5/h10-15,17H,6-9,16H2,1-5H3,(H,22,23). The first-order valence-electron chi connectivity index (χ1n) is 8.93. The van der Waals surface area contributed by atoms with Crippen molar-refractivity contribution in [2.24, 2.45) is 5.92 Å². The Balaban J connectivity index is 2.48. The lowest BCUT2D eigenvalue weighted by molar-refractivity contribution is -0.116. The third-order valence-corrected chi connectivity index (χ3v) is 4.31. The Bertz CT molecular complexity index is 494. The van der Waals surface area contributed by atoms with Gasteiger partial charge in [0.05, 0.1) is 0 Å². The minimum Gasteiger partial charge on any atom is -0.352 e. The molecule has 128 valence electrons. The molecular weight excluding hydrogens is 282 g/mol. The second kappa shape index (κ2) is 9.54. The van der Waals surface area contributed by atoms with E-state index in [4.69, 9.17) is 0 Å². The molecule has 1 aromatic rings. The zero-order valence-electron chi connectivity index (χ0n) is 15.5. The summed E-state index contributed by atoms with van der Waals surface area (Å²) in [7, 11) is 0. The predicted octanol–water partition coefficient (Wildman–Crippen LogP) is 5.33. The number of unbranched alkanes of at least 4 members (excludes halogenated alkanes) is 1. The van der Waals surface area contributed by atoms with Gasteiger partial charge in [0.1, 0.15) is 0 Å². The van der Waals surface area contributed by atoms with E-state index in [0.29, 0.717) is 5.92 Å². The van der Waals surface area contributed by atoms with Crippen molar-refractivity contribution in [3.8, 4) is 0 Å². The fourth-order valence-corrected chi connectivity index (χ4v) is 2.51. The highest BCUT2D eigenvalue weighted by molar-refractivity contribution is 5.91. The lowest BCUT2D eigenvalue weighted by atomic mass is 9.87. The number of hydrogen-bond acceptors (Lipinski definition) is 1. The summed E-state index contributed by atoms with van der Waals surface area (Å²) in [6, 6.07) is 8.41. The van der Waals surface area contributed by atoms with Crippen LogP contribution in [0.15, 0.2) is 30.3 Å². The van der Waals surface area contributed by atoms with Crippen LogP contribution in [-0.4, -0.2) is 12.5 Å². The molecule has 0 radical (unpaired) electrons. The van der Waals surface area contributed by atoms with Crippen LogP contribution in [0.3, 0.4) is 0 Å². The third kappa shape index (κ3) is 7.49. The minimum atomic E-state index is -0.000142. The van der Waals surface area contributed by atoms with E-state index < -0.39 is 0 Å². The molecule has 0 aliphatic rings. The Morgan fingerprint density at radius 2 is 1.83 bits per heavy atom. The normalized spacial score (nSPS) is 13.3. The van der Waals surface area contributed by atoms with Gasteiger partial charge in [0, 0.05) is 12.6 Å². The highest BCUT2D eigenvalue weighted by Crippen LogP contribution is 2.22. The van der Waals surface area contributed by atoms with Crippen molar-refractivity contribution < 1.29 is 4.79 Å². The average molecular weight is 316 g/mol. The number of carbonyl (C=O) groups excluding carboxylic acids is 1. The van der Waals surface area contributed by atoms with E-state index in [1.165, 1.54) is 24.8 Å². The Labute approximate surface area is 142 Å². The van der Waals surface area contributed by atoms with E-state index in [1.54, 1.807) is 6.08 Å². The van der Waals surface area contributed by atoms with Crippen LogP contribution in [0.25, 0.3) is 6.08 Å². The lowest BCUT2D eigenvalue weighted by Gasteiger charge is -2.18. The molecule has 0 aliphatic heterocycles. The number of hydrogen-bond donors (Lipinski definition) is 1. The number of carbonyl (C=O) groups is 1. The van der Waals surface area contributed by atoms with E-state index in [9.17, 15) is 4.79 Å². The predicted molar refractivity (Wildman–Crippen MR) is 100 cm³/mol. The van der Waals surface area contributed by atoms with Crippen LogP contribution >= 0.6 is 0 Å². The topological polar surface area (TPSA) is 29.1 Å². The van der Waals surface area contributed by atoms with Gasteiger partial charge in [-0.2, -0.15) is 0 Å². The quantitative estimate of drug-likeness (QED) is 0.645. The van der Waals surface area contributed by atoms with E-state index in [0.717, 1.165) is 18.5 Å². The second-order valence-corrected chi connectivity index (χ2v) is 7.37. The van der Waals surface area contributed by atoms with Crippen molar-refractivity contribution in [2.75, 3.05) is 6.54 Å². The van der Waals surface area contributed by atoms with Crippen molar-refractivity contribution in [1.82, 2.24) is 5.32 Å². The van der Waals surface area contributed by atoms with Gasteiger partial charge < -0.3 is 5.32 Å². The molecule has 1 atom stereocenters. The summed E-state index contributed by atoms with van der Waals surface area (Å²) in [5, 5.41) is 3.02. The maximum atomic E-state index is 11.9.